The van der Waals surface area contributed by atoms with Crippen molar-refractivity contribution in [2.24, 2.45) is 5.84 Å². The van der Waals surface area contributed by atoms with E-state index in [4.69, 9.17) is 10.6 Å². The monoisotopic (exact) mass is 255 g/mol. The van der Waals surface area contributed by atoms with Crippen molar-refractivity contribution in [1.29, 1.82) is 0 Å². The fourth-order valence-electron chi connectivity index (χ4n) is 2.74. The minimum atomic E-state index is -0.103. The summed E-state index contributed by atoms with van der Waals surface area (Å²) in [4.78, 5) is 4.50. The van der Waals surface area contributed by atoms with Crippen molar-refractivity contribution >= 4 is 11.3 Å². The van der Waals surface area contributed by atoms with Crippen LogP contribution in [0.3, 0.4) is 0 Å². The molecule has 0 radical (unpaired) electrons. The fraction of sp³-hybridized carbons (Fsp3) is 0.750. The van der Waals surface area contributed by atoms with Gasteiger partial charge in [-0.05, 0) is 19.8 Å². The number of hydrogen-bond acceptors (Lipinski definition) is 5. The van der Waals surface area contributed by atoms with E-state index < -0.39 is 0 Å². The van der Waals surface area contributed by atoms with Crippen LogP contribution in [0.25, 0.3) is 0 Å². The van der Waals surface area contributed by atoms with Gasteiger partial charge in [0.25, 0.3) is 0 Å². The van der Waals surface area contributed by atoms with Crippen molar-refractivity contribution in [3.8, 4) is 0 Å². The lowest BCUT2D eigenvalue weighted by atomic mass is 9.90. The molecule has 0 saturated heterocycles. The van der Waals surface area contributed by atoms with Crippen LogP contribution in [0.4, 0.5) is 0 Å². The summed E-state index contributed by atoms with van der Waals surface area (Å²) in [7, 11) is 1.79. The molecule has 1 saturated carbocycles. The van der Waals surface area contributed by atoms with Crippen molar-refractivity contribution in [2.75, 3.05) is 7.11 Å². The molecule has 4 nitrogen and oxygen atoms in total. The van der Waals surface area contributed by atoms with E-state index in [2.05, 4.69) is 15.8 Å². The lowest BCUT2D eigenvalue weighted by Gasteiger charge is -2.35. The fourth-order valence-corrected chi connectivity index (χ4v) is 3.56. The Labute approximate surface area is 107 Å². The Bertz CT molecular complexity index is 360. The van der Waals surface area contributed by atoms with Gasteiger partial charge >= 0.3 is 0 Å². The quantitative estimate of drug-likeness (QED) is 0.622. The maximum Gasteiger partial charge on any atom is 0.0945 e. The molecule has 1 atom stereocenters. The molecule has 96 valence electrons. The van der Waals surface area contributed by atoms with E-state index in [-0.39, 0.29) is 11.6 Å². The Balaban J connectivity index is 2.10. The average Bonchev–Trinajstić information content (AvgIpc) is 2.95. The van der Waals surface area contributed by atoms with Crippen molar-refractivity contribution in [1.82, 2.24) is 10.4 Å². The highest BCUT2D eigenvalue weighted by atomic mass is 32.1. The van der Waals surface area contributed by atoms with Crippen LogP contribution in [-0.2, 0) is 11.2 Å². The first-order valence-electron chi connectivity index (χ1n) is 6.12. The molecule has 17 heavy (non-hydrogen) atoms. The zero-order chi connectivity index (χ0) is 12.3. The molecule has 0 aromatic carbocycles. The first-order chi connectivity index (χ1) is 8.20. The van der Waals surface area contributed by atoms with E-state index in [0.717, 1.165) is 30.0 Å². The highest BCUT2D eigenvalue weighted by Gasteiger charge is 2.41. The highest BCUT2D eigenvalue weighted by Crippen LogP contribution is 2.36. The van der Waals surface area contributed by atoms with Crippen molar-refractivity contribution in [3.63, 3.8) is 0 Å². The molecule has 1 heterocycles. The zero-order valence-electron chi connectivity index (χ0n) is 10.5. The first kappa shape index (κ1) is 13.0. The number of nitrogens with two attached hydrogens (primary N) is 1. The third-order valence-corrected chi connectivity index (χ3v) is 4.73. The van der Waals surface area contributed by atoms with E-state index in [9.17, 15) is 0 Å². The number of hydrazine groups is 1. The smallest absolute Gasteiger partial charge is 0.0945 e. The zero-order valence-corrected chi connectivity index (χ0v) is 11.3. The van der Waals surface area contributed by atoms with E-state index in [0.29, 0.717) is 0 Å². The van der Waals surface area contributed by atoms with Gasteiger partial charge in [-0.1, -0.05) is 12.8 Å². The summed E-state index contributed by atoms with van der Waals surface area (Å²) in [5, 5.41) is 3.21. The van der Waals surface area contributed by atoms with Crippen LogP contribution in [0.2, 0.25) is 0 Å². The minimum Gasteiger partial charge on any atom is -0.377 e. The predicted octanol–water partition coefficient (Wildman–Crippen LogP) is 1.79. The molecule has 1 aliphatic rings. The summed E-state index contributed by atoms with van der Waals surface area (Å²) in [5.74, 6) is 5.71. The molecular weight excluding hydrogens is 234 g/mol. The van der Waals surface area contributed by atoms with Gasteiger partial charge in [0, 0.05) is 24.6 Å². The second-order valence-electron chi connectivity index (χ2n) is 4.78. The summed E-state index contributed by atoms with van der Waals surface area (Å²) >= 11 is 1.70. The average molecular weight is 255 g/mol. The first-order valence-corrected chi connectivity index (χ1v) is 7.00. The molecule has 3 N–H and O–H groups in total. The molecule has 0 bridgehead atoms. The van der Waals surface area contributed by atoms with Crippen molar-refractivity contribution in [3.05, 3.63) is 16.1 Å². The molecule has 1 aromatic rings. The minimum absolute atomic E-state index is 0.103. The van der Waals surface area contributed by atoms with E-state index >= 15 is 0 Å². The van der Waals surface area contributed by atoms with Crippen LogP contribution in [0.15, 0.2) is 5.38 Å². The van der Waals surface area contributed by atoms with Gasteiger partial charge in [0.15, 0.2) is 0 Å². The standard InChI is InChI=1S/C12H21N3OS/c1-9-8-17-11(14-9)7-10(15-13)12(16-2)5-3-4-6-12/h8,10,15H,3-7,13H2,1-2H3. The van der Waals surface area contributed by atoms with Crippen LogP contribution in [0.5, 0.6) is 0 Å². The Kier molecular flexibility index (Phi) is 4.14. The topological polar surface area (TPSA) is 60.2 Å². The van der Waals surface area contributed by atoms with Crippen LogP contribution < -0.4 is 11.3 Å². The number of hydrogen-bond donors (Lipinski definition) is 2. The van der Waals surface area contributed by atoms with Gasteiger partial charge < -0.3 is 4.74 Å². The number of methoxy groups -OCH3 is 1. The van der Waals surface area contributed by atoms with Gasteiger partial charge in [0.2, 0.25) is 0 Å². The second-order valence-corrected chi connectivity index (χ2v) is 5.72. The van der Waals surface area contributed by atoms with Crippen molar-refractivity contribution < 1.29 is 4.74 Å². The highest BCUT2D eigenvalue weighted by molar-refractivity contribution is 7.09. The SMILES string of the molecule is COC1(C(Cc2nc(C)cs2)NN)CCCC1. The normalized spacial score (nSPS) is 20.6. The third kappa shape index (κ3) is 2.68. The lowest BCUT2D eigenvalue weighted by Crippen LogP contribution is -2.54. The molecular formula is C12H21N3OS. The summed E-state index contributed by atoms with van der Waals surface area (Å²) < 4.78 is 5.77. The second kappa shape index (κ2) is 5.44. The number of nitrogens with one attached hydrogen (secondary N) is 1. The molecule has 1 fully saturated rings. The molecule has 1 unspecified atom stereocenters. The van der Waals surface area contributed by atoms with Crippen molar-refractivity contribution in [2.45, 2.75) is 50.7 Å². The summed E-state index contributed by atoms with van der Waals surface area (Å²) in [6.07, 6.45) is 5.47. The van der Waals surface area contributed by atoms with Gasteiger partial charge in [0.05, 0.1) is 16.7 Å². The molecule has 2 rings (SSSR count). The van der Waals surface area contributed by atoms with Crippen LogP contribution in [-0.4, -0.2) is 23.7 Å². The summed E-state index contributed by atoms with van der Waals surface area (Å²) in [6, 6.07) is 0.153. The van der Waals surface area contributed by atoms with E-state index in [1.54, 1.807) is 18.4 Å². The third-order valence-electron chi connectivity index (χ3n) is 3.74. The number of nitrogens with zero attached hydrogens (tertiary/aromatic N) is 1. The number of thiazole rings is 1. The Hall–Kier alpha value is -0.490. The van der Waals surface area contributed by atoms with Gasteiger partial charge in [-0.3, -0.25) is 11.3 Å². The Morgan fingerprint density at radius 1 is 1.59 bits per heavy atom. The maximum absolute atomic E-state index is 5.77. The number of ether oxygens (including phenoxy) is 1. The molecule has 0 amide bonds. The molecule has 1 aromatic heterocycles. The van der Waals surface area contributed by atoms with Gasteiger partial charge in [0.1, 0.15) is 0 Å². The van der Waals surface area contributed by atoms with Gasteiger partial charge in [-0.25, -0.2) is 4.98 Å². The maximum atomic E-state index is 5.77. The van der Waals surface area contributed by atoms with Gasteiger partial charge in [-0.2, -0.15) is 0 Å². The Morgan fingerprint density at radius 2 is 2.29 bits per heavy atom. The predicted molar refractivity (Wildman–Crippen MR) is 69.9 cm³/mol. The molecule has 0 spiro atoms. The van der Waals surface area contributed by atoms with E-state index in [1.807, 2.05) is 6.92 Å². The number of aromatic nitrogens is 1. The Morgan fingerprint density at radius 3 is 2.76 bits per heavy atom. The van der Waals surface area contributed by atoms with E-state index in [1.165, 1.54) is 12.8 Å². The molecule has 1 aliphatic carbocycles. The van der Waals surface area contributed by atoms with Crippen LogP contribution >= 0.6 is 11.3 Å². The summed E-state index contributed by atoms with van der Waals surface area (Å²) in [5.41, 5.74) is 3.91. The molecule has 5 heteroatoms. The molecule has 0 aliphatic heterocycles. The number of aryl methyl sites for hydroxylation is 1. The van der Waals surface area contributed by atoms with Gasteiger partial charge in [-0.15, -0.1) is 11.3 Å². The largest absolute Gasteiger partial charge is 0.377 e. The lowest BCUT2D eigenvalue weighted by molar-refractivity contribution is -0.0356. The van der Waals surface area contributed by atoms with Crippen LogP contribution in [0, 0.1) is 6.92 Å². The number of rotatable bonds is 5. The summed E-state index contributed by atoms with van der Waals surface area (Å²) in [6.45, 7) is 2.02. The van der Waals surface area contributed by atoms with Crippen LogP contribution in [0.1, 0.15) is 36.4 Å².